The Morgan fingerprint density at radius 1 is 0.789 bits per heavy atom. The van der Waals surface area contributed by atoms with Gasteiger partial charge in [0.15, 0.2) is 23.0 Å². The van der Waals surface area contributed by atoms with Crippen molar-refractivity contribution in [2.24, 2.45) is 0 Å². The molecule has 0 aliphatic rings. The van der Waals surface area contributed by atoms with E-state index in [0.29, 0.717) is 11.1 Å². The predicted octanol–water partition coefficient (Wildman–Crippen LogP) is 2.99. The molecule has 0 fully saturated rings. The zero-order valence-corrected chi connectivity index (χ0v) is 10.3. The Morgan fingerprint density at radius 3 is 2.16 bits per heavy atom. The predicted molar refractivity (Wildman–Crippen MR) is 73.2 cm³/mol. The van der Waals surface area contributed by atoms with Crippen LogP contribution in [0.5, 0.6) is 23.0 Å². The van der Waals surface area contributed by atoms with Gasteiger partial charge in [-0.2, -0.15) is 0 Å². The third-order valence-corrected chi connectivity index (χ3v) is 2.91. The molecule has 2 aromatic rings. The van der Waals surface area contributed by atoms with Gasteiger partial charge in [-0.05, 0) is 36.2 Å². The highest BCUT2D eigenvalue weighted by Crippen LogP contribution is 2.31. The van der Waals surface area contributed by atoms with Crippen molar-refractivity contribution in [3.8, 4) is 23.0 Å². The van der Waals surface area contributed by atoms with Crippen molar-refractivity contribution in [2.45, 2.75) is 6.92 Å². The molecule has 0 saturated heterocycles. The number of hydrogen-bond acceptors (Lipinski definition) is 4. The molecule has 0 unspecified atom stereocenters. The van der Waals surface area contributed by atoms with Crippen molar-refractivity contribution in [1.82, 2.24) is 0 Å². The monoisotopic (exact) mass is 258 g/mol. The minimum atomic E-state index is -0.188. The Kier molecular flexibility index (Phi) is 3.33. The van der Waals surface area contributed by atoms with Crippen LogP contribution in [0, 0.1) is 6.92 Å². The molecule has 0 bridgehead atoms. The first-order valence-corrected chi connectivity index (χ1v) is 5.70. The van der Waals surface area contributed by atoms with Gasteiger partial charge >= 0.3 is 0 Å². The minimum Gasteiger partial charge on any atom is -0.504 e. The van der Waals surface area contributed by atoms with E-state index in [0.717, 1.165) is 5.56 Å². The van der Waals surface area contributed by atoms with Gasteiger partial charge in [0.25, 0.3) is 0 Å². The molecule has 4 nitrogen and oxygen atoms in total. The van der Waals surface area contributed by atoms with Gasteiger partial charge in [0.1, 0.15) is 0 Å². The molecular weight excluding hydrogens is 244 g/mol. The van der Waals surface area contributed by atoms with Gasteiger partial charge in [-0.15, -0.1) is 0 Å². The second-order valence-corrected chi connectivity index (χ2v) is 4.23. The lowest BCUT2D eigenvalue weighted by Crippen LogP contribution is -1.82. The molecule has 0 atom stereocenters. The number of hydrogen-bond donors (Lipinski definition) is 4. The number of phenols is 4. The van der Waals surface area contributed by atoms with E-state index in [-0.39, 0.29) is 23.0 Å². The molecule has 0 aliphatic heterocycles. The summed E-state index contributed by atoms with van der Waals surface area (Å²) in [5.74, 6) is -0.657. The molecule has 98 valence electrons. The van der Waals surface area contributed by atoms with Gasteiger partial charge in [0, 0.05) is 5.56 Å². The molecule has 0 heterocycles. The maximum atomic E-state index is 9.61. The van der Waals surface area contributed by atoms with E-state index in [1.807, 2.05) is 0 Å². The van der Waals surface area contributed by atoms with Crippen LogP contribution in [0.25, 0.3) is 12.2 Å². The molecule has 0 radical (unpaired) electrons. The lowest BCUT2D eigenvalue weighted by atomic mass is 10.1. The highest BCUT2D eigenvalue weighted by molar-refractivity contribution is 5.73. The highest BCUT2D eigenvalue weighted by atomic mass is 16.3. The lowest BCUT2D eigenvalue weighted by molar-refractivity contribution is 0.401. The molecule has 0 aliphatic carbocycles. The maximum absolute atomic E-state index is 9.61. The number of rotatable bonds is 2. The van der Waals surface area contributed by atoms with Crippen LogP contribution < -0.4 is 0 Å². The van der Waals surface area contributed by atoms with E-state index in [4.69, 9.17) is 0 Å². The van der Waals surface area contributed by atoms with E-state index in [2.05, 4.69) is 0 Å². The number of phenolic OH excluding ortho intramolecular Hbond substituents is 4. The van der Waals surface area contributed by atoms with E-state index in [9.17, 15) is 20.4 Å². The lowest BCUT2D eigenvalue weighted by Gasteiger charge is -2.05. The molecule has 4 N–H and O–H groups in total. The summed E-state index contributed by atoms with van der Waals surface area (Å²) in [5, 5.41) is 37.5. The van der Waals surface area contributed by atoms with Gasteiger partial charge in [0.2, 0.25) is 0 Å². The quantitative estimate of drug-likeness (QED) is 0.493. The van der Waals surface area contributed by atoms with Crippen molar-refractivity contribution in [2.75, 3.05) is 0 Å². The first kappa shape index (κ1) is 12.8. The SMILES string of the molecule is Cc1c(/C=C/c2ccc(O)c(O)c2)ccc(O)c1O. The topological polar surface area (TPSA) is 80.9 Å². The van der Waals surface area contributed by atoms with E-state index in [1.165, 1.54) is 18.2 Å². The van der Waals surface area contributed by atoms with Crippen molar-refractivity contribution in [3.05, 3.63) is 47.0 Å². The molecule has 19 heavy (non-hydrogen) atoms. The van der Waals surface area contributed by atoms with Crippen molar-refractivity contribution in [1.29, 1.82) is 0 Å². The summed E-state index contributed by atoms with van der Waals surface area (Å²) in [6, 6.07) is 7.58. The zero-order chi connectivity index (χ0) is 14.0. The normalized spacial score (nSPS) is 11.0. The van der Waals surface area contributed by atoms with E-state index in [1.54, 1.807) is 31.2 Å². The van der Waals surface area contributed by atoms with Crippen molar-refractivity contribution in [3.63, 3.8) is 0 Å². The van der Waals surface area contributed by atoms with E-state index < -0.39 is 0 Å². The number of aromatic hydroxyl groups is 4. The third-order valence-electron chi connectivity index (χ3n) is 2.91. The van der Waals surface area contributed by atoms with Crippen LogP contribution in [0.3, 0.4) is 0 Å². The molecular formula is C15H14O4. The smallest absolute Gasteiger partial charge is 0.160 e. The van der Waals surface area contributed by atoms with Gasteiger partial charge in [-0.25, -0.2) is 0 Å². The second kappa shape index (κ2) is 4.94. The van der Waals surface area contributed by atoms with Gasteiger partial charge in [0.05, 0.1) is 0 Å². The average molecular weight is 258 g/mol. The van der Waals surface area contributed by atoms with Crippen molar-refractivity contribution < 1.29 is 20.4 Å². The summed E-state index contributed by atoms with van der Waals surface area (Å²) in [6.45, 7) is 1.70. The summed E-state index contributed by atoms with van der Waals surface area (Å²) < 4.78 is 0. The van der Waals surface area contributed by atoms with Gasteiger partial charge in [-0.3, -0.25) is 0 Å². The summed E-state index contributed by atoms with van der Waals surface area (Å²) >= 11 is 0. The Bertz CT molecular complexity index is 645. The van der Waals surface area contributed by atoms with Crippen LogP contribution in [0.15, 0.2) is 30.3 Å². The standard InChI is InChI=1S/C15H14O4/c1-9-11(5-7-13(17)15(9)19)4-2-10-3-6-12(16)14(18)8-10/h2-8,16-19H,1H3/b4-2+. The third kappa shape index (κ3) is 2.63. The van der Waals surface area contributed by atoms with E-state index >= 15 is 0 Å². The summed E-state index contributed by atoms with van der Waals surface area (Å²) in [6.07, 6.45) is 3.48. The number of benzene rings is 2. The summed E-state index contributed by atoms with van der Waals surface area (Å²) in [5.41, 5.74) is 2.03. The fourth-order valence-corrected chi connectivity index (χ4v) is 1.71. The summed E-state index contributed by atoms with van der Waals surface area (Å²) in [4.78, 5) is 0. The van der Waals surface area contributed by atoms with Crippen LogP contribution in [0.1, 0.15) is 16.7 Å². The van der Waals surface area contributed by atoms with Crippen molar-refractivity contribution >= 4 is 12.2 Å². The largest absolute Gasteiger partial charge is 0.504 e. The van der Waals surface area contributed by atoms with Crippen LogP contribution in [-0.4, -0.2) is 20.4 Å². The zero-order valence-electron chi connectivity index (χ0n) is 10.3. The summed E-state index contributed by atoms with van der Waals surface area (Å²) in [7, 11) is 0. The van der Waals surface area contributed by atoms with Crippen LogP contribution >= 0.6 is 0 Å². The average Bonchev–Trinajstić information content (AvgIpc) is 2.39. The first-order valence-electron chi connectivity index (χ1n) is 5.70. The molecule has 2 rings (SSSR count). The van der Waals surface area contributed by atoms with Crippen LogP contribution in [-0.2, 0) is 0 Å². The van der Waals surface area contributed by atoms with Gasteiger partial charge in [-0.1, -0.05) is 24.3 Å². The molecule has 0 spiro atoms. The Balaban J connectivity index is 2.32. The molecule has 4 heteroatoms. The minimum absolute atomic E-state index is 0.143. The molecule has 2 aromatic carbocycles. The fourth-order valence-electron chi connectivity index (χ4n) is 1.71. The van der Waals surface area contributed by atoms with Gasteiger partial charge < -0.3 is 20.4 Å². The van der Waals surface area contributed by atoms with Crippen LogP contribution in [0.4, 0.5) is 0 Å². The molecule has 0 aromatic heterocycles. The maximum Gasteiger partial charge on any atom is 0.160 e. The van der Waals surface area contributed by atoms with Crippen LogP contribution in [0.2, 0.25) is 0 Å². The Hall–Kier alpha value is -2.62. The first-order chi connectivity index (χ1) is 8.99. The molecule has 0 amide bonds. The fraction of sp³-hybridized carbons (Fsp3) is 0.0667. The second-order valence-electron chi connectivity index (χ2n) is 4.23. The Morgan fingerprint density at radius 2 is 1.47 bits per heavy atom. The highest BCUT2D eigenvalue weighted by Gasteiger charge is 2.05. The Labute approximate surface area is 110 Å². The molecule has 0 saturated carbocycles.